The van der Waals surface area contributed by atoms with E-state index in [0.717, 1.165) is 17.0 Å². The van der Waals surface area contributed by atoms with Crippen LogP contribution < -0.4 is 4.74 Å². The Labute approximate surface area is 170 Å². The fourth-order valence-electron chi connectivity index (χ4n) is 2.64. The first-order valence-corrected chi connectivity index (χ1v) is 9.78. The molecule has 9 heteroatoms. The fraction of sp³-hybridized carbons (Fsp3) is 0.158. The highest BCUT2D eigenvalue weighted by atomic mass is 35.5. The van der Waals surface area contributed by atoms with E-state index in [1.165, 1.54) is 11.8 Å². The monoisotopic (exact) mass is 413 g/mol. The van der Waals surface area contributed by atoms with Gasteiger partial charge in [0.05, 0.1) is 12.9 Å². The maximum absolute atomic E-state index is 6.06. The first-order valence-electron chi connectivity index (χ1n) is 8.41. The van der Waals surface area contributed by atoms with Crippen LogP contribution >= 0.6 is 23.4 Å². The Hall–Kier alpha value is -2.84. The molecule has 2 heterocycles. The van der Waals surface area contributed by atoms with Gasteiger partial charge in [-0.15, -0.1) is 20.4 Å². The smallest absolute Gasteiger partial charge is 0.226 e. The molecule has 0 fully saturated rings. The van der Waals surface area contributed by atoms with Gasteiger partial charge in [0, 0.05) is 23.2 Å². The third kappa shape index (κ3) is 3.88. The first-order chi connectivity index (χ1) is 13.6. The summed E-state index contributed by atoms with van der Waals surface area (Å²) in [7, 11) is 1.64. The molecule has 0 bridgehead atoms. The van der Waals surface area contributed by atoms with Crippen molar-refractivity contribution in [3.8, 4) is 22.8 Å². The second kappa shape index (κ2) is 8.04. The van der Waals surface area contributed by atoms with E-state index in [0.29, 0.717) is 33.5 Å². The van der Waals surface area contributed by atoms with E-state index in [-0.39, 0.29) is 0 Å². The molecule has 4 rings (SSSR count). The van der Waals surface area contributed by atoms with Gasteiger partial charge in [0.1, 0.15) is 5.75 Å². The lowest BCUT2D eigenvalue weighted by molar-refractivity contribution is 0.415. The van der Waals surface area contributed by atoms with E-state index >= 15 is 0 Å². The van der Waals surface area contributed by atoms with Crippen LogP contribution in [-0.4, -0.2) is 32.1 Å². The van der Waals surface area contributed by atoms with Crippen LogP contribution in [0.15, 0.2) is 58.1 Å². The number of benzene rings is 2. The fourth-order valence-corrected chi connectivity index (χ4v) is 3.55. The maximum atomic E-state index is 6.06. The van der Waals surface area contributed by atoms with Gasteiger partial charge >= 0.3 is 0 Å². The van der Waals surface area contributed by atoms with Crippen molar-refractivity contribution in [2.75, 3.05) is 7.11 Å². The lowest BCUT2D eigenvalue weighted by atomic mass is 10.2. The van der Waals surface area contributed by atoms with Crippen molar-refractivity contribution in [2.24, 2.45) is 0 Å². The molecule has 0 amide bonds. The number of ether oxygens (including phenoxy) is 1. The third-order valence-electron chi connectivity index (χ3n) is 3.96. The zero-order valence-electron chi connectivity index (χ0n) is 15.2. The average Bonchev–Trinajstić information content (AvgIpc) is 3.33. The van der Waals surface area contributed by atoms with Crippen molar-refractivity contribution in [3.63, 3.8) is 0 Å². The van der Waals surface area contributed by atoms with Crippen molar-refractivity contribution < 1.29 is 9.15 Å². The molecule has 0 N–H and O–H groups in total. The summed E-state index contributed by atoms with van der Waals surface area (Å²) < 4.78 is 12.7. The number of hydrogen-bond acceptors (Lipinski definition) is 7. The molecule has 0 aliphatic heterocycles. The van der Waals surface area contributed by atoms with Crippen molar-refractivity contribution in [3.05, 3.63) is 65.3 Å². The average molecular weight is 414 g/mol. The molecule has 0 saturated heterocycles. The van der Waals surface area contributed by atoms with Crippen LogP contribution in [0.3, 0.4) is 0 Å². The number of aryl methyl sites for hydroxylation is 1. The normalized spacial score (nSPS) is 11.0. The van der Waals surface area contributed by atoms with Crippen LogP contribution in [0.4, 0.5) is 0 Å². The lowest BCUT2D eigenvalue weighted by Crippen LogP contribution is -2.00. The second-order valence-corrected chi connectivity index (χ2v) is 7.23. The quantitative estimate of drug-likeness (QED) is 0.428. The molecule has 0 spiro atoms. The standard InChI is InChI=1S/C19H16ClN5O2S/c1-12-21-22-17(27-12)11-28-19-24-23-18(13-3-9-16(26-2)10-4-13)25(19)15-7-5-14(20)6-8-15/h3-10H,11H2,1-2H3. The molecule has 7 nitrogen and oxygen atoms in total. The van der Waals surface area contributed by atoms with E-state index in [9.17, 15) is 0 Å². The highest BCUT2D eigenvalue weighted by Gasteiger charge is 2.17. The Morgan fingerprint density at radius 2 is 1.75 bits per heavy atom. The Balaban J connectivity index is 1.72. The molecule has 142 valence electrons. The third-order valence-corrected chi connectivity index (χ3v) is 5.12. The molecule has 2 aromatic carbocycles. The summed E-state index contributed by atoms with van der Waals surface area (Å²) in [4.78, 5) is 0. The van der Waals surface area contributed by atoms with Gasteiger partial charge in [-0.2, -0.15) is 0 Å². The predicted octanol–water partition coefficient (Wildman–Crippen LogP) is 4.58. The van der Waals surface area contributed by atoms with Crippen LogP contribution in [0.2, 0.25) is 5.02 Å². The number of nitrogens with zero attached hydrogens (tertiary/aromatic N) is 5. The minimum absolute atomic E-state index is 0.495. The van der Waals surface area contributed by atoms with Gasteiger partial charge < -0.3 is 9.15 Å². The minimum Gasteiger partial charge on any atom is -0.497 e. The first kappa shape index (κ1) is 18.5. The molecule has 0 aliphatic rings. The zero-order chi connectivity index (χ0) is 19.5. The highest BCUT2D eigenvalue weighted by molar-refractivity contribution is 7.98. The molecule has 28 heavy (non-hydrogen) atoms. The summed E-state index contributed by atoms with van der Waals surface area (Å²) in [5.74, 6) is 3.07. The summed E-state index contributed by atoms with van der Waals surface area (Å²) in [6.07, 6.45) is 0. The zero-order valence-corrected chi connectivity index (χ0v) is 16.7. The lowest BCUT2D eigenvalue weighted by Gasteiger charge is -2.10. The van der Waals surface area contributed by atoms with Gasteiger partial charge in [-0.1, -0.05) is 23.4 Å². The number of methoxy groups -OCH3 is 1. The number of aromatic nitrogens is 5. The molecule has 0 aliphatic carbocycles. The van der Waals surface area contributed by atoms with Crippen LogP contribution in [-0.2, 0) is 5.75 Å². The Bertz CT molecular complexity index is 1080. The van der Waals surface area contributed by atoms with E-state index in [1.54, 1.807) is 14.0 Å². The second-order valence-electron chi connectivity index (χ2n) is 5.85. The molecule has 0 atom stereocenters. The SMILES string of the molecule is COc1ccc(-c2nnc(SCc3nnc(C)o3)n2-c2ccc(Cl)cc2)cc1. The van der Waals surface area contributed by atoms with Gasteiger partial charge in [0.25, 0.3) is 0 Å². The van der Waals surface area contributed by atoms with Gasteiger partial charge in [-0.3, -0.25) is 4.57 Å². The van der Waals surface area contributed by atoms with Crippen molar-refractivity contribution in [2.45, 2.75) is 17.8 Å². The highest BCUT2D eigenvalue weighted by Crippen LogP contribution is 2.30. The van der Waals surface area contributed by atoms with Gasteiger partial charge in [-0.05, 0) is 48.5 Å². The topological polar surface area (TPSA) is 78.9 Å². The summed E-state index contributed by atoms with van der Waals surface area (Å²) >= 11 is 7.53. The number of halogens is 1. The van der Waals surface area contributed by atoms with Crippen LogP contribution in [0, 0.1) is 6.92 Å². The number of hydrogen-bond donors (Lipinski definition) is 0. The van der Waals surface area contributed by atoms with Gasteiger partial charge in [-0.25, -0.2) is 0 Å². The minimum atomic E-state index is 0.495. The van der Waals surface area contributed by atoms with E-state index in [4.69, 9.17) is 20.8 Å². The molecular formula is C19H16ClN5O2S. The molecule has 0 unspecified atom stereocenters. The van der Waals surface area contributed by atoms with Crippen LogP contribution in [0.25, 0.3) is 17.1 Å². The van der Waals surface area contributed by atoms with Crippen molar-refractivity contribution in [1.82, 2.24) is 25.0 Å². The van der Waals surface area contributed by atoms with Gasteiger partial charge in [0.15, 0.2) is 11.0 Å². The van der Waals surface area contributed by atoms with Crippen LogP contribution in [0.5, 0.6) is 5.75 Å². The van der Waals surface area contributed by atoms with E-state index in [2.05, 4.69) is 20.4 Å². The Morgan fingerprint density at radius 3 is 2.39 bits per heavy atom. The molecule has 2 aromatic heterocycles. The molecular weight excluding hydrogens is 398 g/mol. The summed E-state index contributed by atoms with van der Waals surface area (Å²) in [5, 5.41) is 18.1. The maximum Gasteiger partial charge on any atom is 0.226 e. The molecule has 0 saturated carbocycles. The predicted molar refractivity (Wildman–Crippen MR) is 107 cm³/mol. The summed E-state index contributed by atoms with van der Waals surface area (Å²) in [5.41, 5.74) is 1.83. The van der Waals surface area contributed by atoms with Crippen molar-refractivity contribution in [1.29, 1.82) is 0 Å². The van der Waals surface area contributed by atoms with Crippen molar-refractivity contribution >= 4 is 23.4 Å². The Morgan fingerprint density at radius 1 is 1.00 bits per heavy atom. The number of rotatable bonds is 6. The van der Waals surface area contributed by atoms with E-state index < -0.39 is 0 Å². The Kier molecular flexibility index (Phi) is 5.31. The molecule has 4 aromatic rings. The summed E-state index contributed by atoms with van der Waals surface area (Å²) in [6, 6.07) is 15.2. The van der Waals surface area contributed by atoms with Crippen LogP contribution in [0.1, 0.15) is 11.8 Å². The largest absolute Gasteiger partial charge is 0.497 e. The van der Waals surface area contributed by atoms with Gasteiger partial charge in [0.2, 0.25) is 11.8 Å². The number of thioether (sulfide) groups is 1. The molecule has 0 radical (unpaired) electrons. The van der Waals surface area contributed by atoms with E-state index in [1.807, 2.05) is 53.1 Å². The summed E-state index contributed by atoms with van der Waals surface area (Å²) in [6.45, 7) is 1.76.